The highest BCUT2D eigenvalue weighted by Gasteiger charge is 2.51. The third kappa shape index (κ3) is 2.85. The molecule has 10 heteroatoms. The maximum Gasteiger partial charge on any atom is 0.282 e. The van der Waals surface area contributed by atoms with Crippen molar-refractivity contribution in [2.75, 3.05) is 26.2 Å². The lowest BCUT2D eigenvalue weighted by Crippen LogP contribution is -2.66. The van der Waals surface area contributed by atoms with Crippen molar-refractivity contribution < 1.29 is 8.42 Å². The first kappa shape index (κ1) is 18.3. The van der Waals surface area contributed by atoms with Crippen LogP contribution in [0, 0.1) is 11.3 Å². The minimum absolute atomic E-state index is 0.204. The number of nitriles is 1. The summed E-state index contributed by atoms with van der Waals surface area (Å²) in [6, 6.07) is 6.11. The van der Waals surface area contributed by atoms with Crippen molar-refractivity contribution >= 4 is 21.2 Å². The van der Waals surface area contributed by atoms with Crippen LogP contribution in [-0.4, -0.2) is 63.0 Å². The molecule has 0 spiro atoms. The molecular formula is C19H21N7O2S. The summed E-state index contributed by atoms with van der Waals surface area (Å²) >= 11 is 0. The van der Waals surface area contributed by atoms with Gasteiger partial charge in [0.15, 0.2) is 0 Å². The summed E-state index contributed by atoms with van der Waals surface area (Å²) in [4.78, 5) is 7.41. The molecule has 5 rings (SSSR count). The lowest BCUT2D eigenvalue weighted by atomic mass is 9.89. The Morgan fingerprint density at radius 1 is 1.21 bits per heavy atom. The molecule has 0 atom stereocenters. The molecule has 2 saturated heterocycles. The molecule has 3 aromatic heterocycles. The number of pyridine rings is 1. The van der Waals surface area contributed by atoms with Gasteiger partial charge in [0.1, 0.15) is 11.2 Å². The Morgan fingerprint density at radius 2 is 2.00 bits per heavy atom. The fourth-order valence-electron chi connectivity index (χ4n) is 4.27. The number of hydrogen-bond acceptors (Lipinski definition) is 5. The van der Waals surface area contributed by atoms with E-state index in [1.807, 2.05) is 24.5 Å². The second kappa shape index (κ2) is 6.66. The molecule has 1 N–H and O–H groups in total. The molecule has 3 aromatic rings. The molecule has 9 nitrogen and oxygen atoms in total. The lowest BCUT2D eigenvalue weighted by Gasteiger charge is -2.48. The van der Waals surface area contributed by atoms with E-state index in [9.17, 15) is 13.7 Å². The van der Waals surface area contributed by atoms with E-state index in [2.05, 4.69) is 21.1 Å². The zero-order valence-electron chi connectivity index (χ0n) is 15.8. The summed E-state index contributed by atoms with van der Waals surface area (Å²) in [5.74, 6) is 0. The van der Waals surface area contributed by atoms with Crippen LogP contribution in [0.3, 0.4) is 0 Å². The molecule has 0 amide bonds. The topological polar surface area (TPSA) is 111 Å². The Kier molecular flexibility index (Phi) is 4.20. The molecule has 0 unspecified atom stereocenters. The lowest BCUT2D eigenvalue weighted by molar-refractivity contribution is 0.0666. The van der Waals surface area contributed by atoms with E-state index in [-0.39, 0.29) is 19.5 Å². The highest BCUT2D eigenvalue weighted by Crippen LogP contribution is 2.37. The van der Waals surface area contributed by atoms with Crippen LogP contribution in [0.15, 0.2) is 36.9 Å². The van der Waals surface area contributed by atoms with Crippen LogP contribution in [0.2, 0.25) is 0 Å². The van der Waals surface area contributed by atoms with Gasteiger partial charge in [0.25, 0.3) is 10.2 Å². The summed E-state index contributed by atoms with van der Waals surface area (Å²) in [5.41, 5.74) is 2.07. The van der Waals surface area contributed by atoms with Crippen molar-refractivity contribution in [3.63, 3.8) is 0 Å². The SMILES string of the molecule is N#CCC1(n2cc(-c3ccnc4[nH]ccc34)cn2)CN(S(=O)(=O)N2CCCC2)C1. The van der Waals surface area contributed by atoms with E-state index in [1.54, 1.807) is 17.1 Å². The van der Waals surface area contributed by atoms with Gasteiger partial charge in [-0.3, -0.25) is 4.68 Å². The number of aromatic amines is 1. The summed E-state index contributed by atoms with van der Waals surface area (Å²) in [5, 5.41) is 14.9. The zero-order chi connectivity index (χ0) is 20.1. The molecule has 29 heavy (non-hydrogen) atoms. The maximum atomic E-state index is 12.8. The van der Waals surface area contributed by atoms with Crippen LogP contribution in [0.25, 0.3) is 22.2 Å². The first-order valence-electron chi connectivity index (χ1n) is 9.63. The molecule has 0 aromatic carbocycles. The first-order valence-corrected chi connectivity index (χ1v) is 11.0. The Labute approximate surface area is 168 Å². The number of aromatic nitrogens is 4. The van der Waals surface area contributed by atoms with E-state index in [4.69, 9.17) is 0 Å². The van der Waals surface area contributed by atoms with Crippen molar-refractivity contribution in [2.24, 2.45) is 0 Å². The fourth-order valence-corrected chi connectivity index (χ4v) is 6.13. The van der Waals surface area contributed by atoms with Crippen LogP contribution in [0.4, 0.5) is 0 Å². The van der Waals surface area contributed by atoms with E-state index in [1.165, 1.54) is 8.61 Å². The predicted octanol–water partition coefficient (Wildman–Crippen LogP) is 1.69. The fraction of sp³-hybridized carbons (Fsp3) is 0.421. The van der Waals surface area contributed by atoms with Gasteiger partial charge in [0.2, 0.25) is 0 Å². The van der Waals surface area contributed by atoms with Crippen molar-refractivity contribution in [3.8, 4) is 17.2 Å². The molecule has 2 aliphatic heterocycles. The average molecular weight is 411 g/mol. The third-order valence-corrected chi connectivity index (χ3v) is 7.84. The molecule has 0 saturated carbocycles. The first-order chi connectivity index (χ1) is 14.0. The van der Waals surface area contributed by atoms with Gasteiger partial charge in [-0.2, -0.15) is 27.4 Å². The zero-order valence-corrected chi connectivity index (χ0v) is 16.6. The smallest absolute Gasteiger partial charge is 0.282 e. The summed E-state index contributed by atoms with van der Waals surface area (Å²) < 4.78 is 30.4. The molecule has 0 bridgehead atoms. The second-order valence-corrected chi connectivity index (χ2v) is 9.64. The van der Waals surface area contributed by atoms with Crippen LogP contribution in [0.1, 0.15) is 19.3 Å². The van der Waals surface area contributed by atoms with E-state index >= 15 is 0 Å². The van der Waals surface area contributed by atoms with Crippen LogP contribution < -0.4 is 0 Å². The van der Waals surface area contributed by atoms with Gasteiger partial charge in [-0.1, -0.05) is 0 Å². The Hall–Kier alpha value is -2.74. The second-order valence-electron chi connectivity index (χ2n) is 7.71. The molecule has 2 aliphatic rings. The predicted molar refractivity (Wildman–Crippen MR) is 107 cm³/mol. The standard InChI is InChI=1S/C19H21N7O2S/c20-6-5-19(13-25(14-19)29(27,28)24-9-1-2-10-24)26-12-15(11-23-26)16-3-7-21-18-17(16)4-8-22-18/h3-4,7-8,11-12H,1-2,5,9-10,13-14H2,(H,21,22). The molecule has 0 radical (unpaired) electrons. The molecule has 150 valence electrons. The summed E-state index contributed by atoms with van der Waals surface area (Å²) in [7, 11) is -3.46. The summed E-state index contributed by atoms with van der Waals surface area (Å²) in [6.07, 6.45) is 9.25. The Bertz CT molecular complexity index is 1190. The number of rotatable bonds is 5. The molecular weight excluding hydrogens is 390 g/mol. The number of nitrogens with zero attached hydrogens (tertiary/aromatic N) is 6. The van der Waals surface area contributed by atoms with Crippen molar-refractivity contribution in [2.45, 2.75) is 24.8 Å². The number of nitrogens with one attached hydrogen (secondary N) is 1. The van der Waals surface area contributed by atoms with E-state index in [0.29, 0.717) is 13.1 Å². The number of hydrogen-bond donors (Lipinski definition) is 1. The van der Waals surface area contributed by atoms with Gasteiger partial charge in [-0.15, -0.1) is 0 Å². The Morgan fingerprint density at radius 3 is 2.76 bits per heavy atom. The van der Waals surface area contributed by atoms with Gasteiger partial charge < -0.3 is 4.98 Å². The van der Waals surface area contributed by atoms with Crippen LogP contribution in [0.5, 0.6) is 0 Å². The minimum Gasteiger partial charge on any atom is -0.346 e. The van der Waals surface area contributed by atoms with Crippen LogP contribution in [-0.2, 0) is 15.7 Å². The maximum absolute atomic E-state index is 12.8. The van der Waals surface area contributed by atoms with Gasteiger partial charge in [0, 0.05) is 55.7 Å². The average Bonchev–Trinajstić information content (AvgIpc) is 3.45. The number of fused-ring (bicyclic) bond motifs is 1. The molecule has 5 heterocycles. The monoisotopic (exact) mass is 411 g/mol. The highest BCUT2D eigenvalue weighted by molar-refractivity contribution is 7.86. The van der Waals surface area contributed by atoms with Gasteiger partial charge in [-0.25, -0.2) is 4.98 Å². The van der Waals surface area contributed by atoms with Crippen molar-refractivity contribution in [3.05, 3.63) is 36.9 Å². The Balaban J connectivity index is 1.44. The van der Waals surface area contributed by atoms with Gasteiger partial charge >= 0.3 is 0 Å². The normalized spacial score (nSPS) is 20.0. The number of H-pyrrole nitrogens is 1. The van der Waals surface area contributed by atoms with Gasteiger partial charge in [-0.05, 0) is 30.5 Å². The summed E-state index contributed by atoms with van der Waals surface area (Å²) in [6.45, 7) is 1.67. The van der Waals surface area contributed by atoms with E-state index in [0.717, 1.165) is 35.0 Å². The minimum atomic E-state index is -3.46. The third-order valence-electron chi connectivity index (χ3n) is 5.91. The van der Waals surface area contributed by atoms with Crippen molar-refractivity contribution in [1.29, 1.82) is 5.26 Å². The van der Waals surface area contributed by atoms with Gasteiger partial charge in [0.05, 0.1) is 18.7 Å². The van der Waals surface area contributed by atoms with E-state index < -0.39 is 15.7 Å². The molecule has 2 fully saturated rings. The highest BCUT2D eigenvalue weighted by atomic mass is 32.2. The quantitative estimate of drug-likeness (QED) is 0.687. The largest absolute Gasteiger partial charge is 0.346 e. The molecule has 0 aliphatic carbocycles. The van der Waals surface area contributed by atoms with Crippen molar-refractivity contribution in [1.82, 2.24) is 28.4 Å². The van der Waals surface area contributed by atoms with Crippen LogP contribution >= 0.6 is 0 Å².